The molecule has 3 heteroatoms. The fourth-order valence-electron chi connectivity index (χ4n) is 2.43. The molecule has 1 fully saturated rings. The van der Waals surface area contributed by atoms with E-state index in [1.54, 1.807) is 0 Å². The van der Waals surface area contributed by atoms with Gasteiger partial charge in [0.1, 0.15) is 0 Å². The zero-order valence-electron chi connectivity index (χ0n) is 13.1. The van der Waals surface area contributed by atoms with Crippen molar-refractivity contribution < 1.29 is 14.2 Å². The van der Waals surface area contributed by atoms with E-state index in [0.717, 1.165) is 32.7 Å². The minimum absolute atomic E-state index is 0.317. The summed E-state index contributed by atoms with van der Waals surface area (Å²) in [5, 5.41) is 0. The van der Waals surface area contributed by atoms with Crippen LogP contribution in [0.15, 0.2) is 0 Å². The Kier molecular flexibility index (Phi) is 8.67. The van der Waals surface area contributed by atoms with Gasteiger partial charge < -0.3 is 14.2 Å². The highest BCUT2D eigenvalue weighted by Crippen LogP contribution is 2.25. The summed E-state index contributed by atoms with van der Waals surface area (Å²) in [4.78, 5) is 0. The second-order valence-electron chi connectivity index (χ2n) is 5.97. The van der Waals surface area contributed by atoms with Crippen LogP contribution < -0.4 is 0 Å². The van der Waals surface area contributed by atoms with Crippen molar-refractivity contribution in [1.29, 1.82) is 0 Å². The van der Waals surface area contributed by atoms with Gasteiger partial charge in [-0.3, -0.25) is 0 Å². The van der Waals surface area contributed by atoms with Crippen LogP contribution in [0.4, 0.5) is 0 Å². The molecule has 1 aliphatic rings. The van der Waals surface area contributed by atoms with Crippen LogP contribution in [0.25, 0.3) is 0 Å². The van der Waals surface area contributed by atoms with E-state index in [0.29, 0.717) is 6.10 Å². The third-order valence-electron chi connectivity index (χ3n) is 3.48. The predicted octanol–water partition coefficient (Wildman–Crippen LogP) is 4.30. The van der Waals surface area contributed by atoms with Gasteiger partial charge in [-0.2, -0.15) is 0 Å². The van der Waals surface area contributed by atoms with Crippen LogP contribution in [0.3, 0.4) is 0 Å². The van der Waals surface area contributed by atoms with E-state index in [-0.39, 0.29) is 5.79 Å². The Morgan fingerprint density at radius 2 is 1.68 bits per heavy atom. The van der Waals surface area contributed by atoms with E-state index in [1.807, 2.05) is 13.8 Å². The van der Waals surface area contributed by atoms with Crippen LogP contribution in [0, 0.1) is 0 Å². The summed E-state index contributed by atoms with van der Waals surface area (Å²) in [6.45, 7) is 8.76. The molecular weight excluding hydrogens is 240 g/mol. The largest absolute Gasteiger partial charge is 0.381 e. The summed E-state index contributed by atoms with van der Waals surface area (Å²) in [5.41, 5.74) is 0. The highest BCUT2D eigenvalue weighted by Gasteiger charge is 2.31. The van der Waals surface area contributed by atoms with Crippen LogP contribution in [0.5, 0.6) is 0 Å². The van der Waals surface area contributed by atoms with Gasteiger partial charge >= 0.3 is 0 Å². The van der Waals surface area contributed by atoms with Crippen molar-refractivity contribution in [1.82, 2.24) is 0 Å². The van der Waals surface area contributed by atoms with Gasteiger partial charge in [-0.05, 0) is 33.1 Å². The van der Waals surface area contributed by atoms with Crippen molar-refractivity contribution >= 4 is 0 Å². The molecule has 0 saturated carbocycles. The van der Waals surface area contributed by atoms with Crippen LogP contribution in [-0.4, -0.2) is 31.7 Å². The highest BCUT2D eigenvalue weighted by atomic mass is 16.7. The van der Waals surface area contributed by atoms with E-state index in [9.17, 15) is 0 Å². The third-order valence-corrected chi connectivity index (χ3v) is 3.48. The Morgan fingerprint density at radius 3 is 2.32 bits per heavy atom. The van der Waals surface area contributed by atoms with E-state index in [1.165, 1.54) is 38.5 Å². The zero-order valence-corrected chi connectivity index (χ0v) is 13.1. The molecule has 0 aliphatic carbocycles. The molecular formula is C16H32O3. The summed E-state index contributed by atoms with van der Waals surface area (Å²) in [5.74, 6) is -0.358. The molecule has 0 spiro atoms. The summed E-state index contributed by atoms with van der Waals surface area (Å²) in [6.07, 6.45) is 10.4. The van der Waals surface area contributed by atoms with Crippen molar-refractivity contribution in [2.45, 2.75) is 84.0 Å². The maximum Gasteiger partial charge on any atom is 0.163 e. The number of unbranched alkanes of at least 4 members (excludes halogenated alkanes) is 5. The monoisotopic (exact) mass is 272 g/mol. The Hall–Kier alpha value is -0.120. The summed E-state index contributed by atoms with van der Waals surface area (Å²) >= 11 is 0. The average Bonchev–Trinajstić information content (AvgIpc) is 2.71. The molecule has 1 heterocycles. The lowest BCUT2D eigenvalue weighted by Gasteiger charge is -2.16. The van der Waals surface area contributed by atoms with Gasteiger partial charge in [0.2, 0.25) is 0 Å². The summed E-state index contributed by atoms with van der Waals surface area (Å²) < 4.78 is 16.8. The first kappa shape index (κ1) is 16.9. The van der Waals surface area contributed by atoms with Crippen LogP contribution in [-0.2, 0) is 14.2 Å². The lowest BCUT2D eigenvalue weighted by molar-refractivity contribution is -0.139. The molecule has 3 nitrogen and oxygen atoms in total. The third kappa shape index (κ3) is 8.61. The smallest absolute Gasteiger partial charge is 0.163 e. The minimum atomic E-state index is -0.358. The molecule has 1 rings (SSSR count). The van der Waals surface area contributed by atoms with Crippen LogP contribution in [0.2, 0.25) is 0 Å². The molecule has 1 aliphatic heterocycles. The van der Waals surface area contributed by atoms with Crippen molar-refractivity contribution in [2.24, 2.45) is 0 Å². The van der Waals surface area contributed by atoms with Crippen molar-refractivity contribution in [3.05, 3.63) is 0 Å². The highest BCUT2D eigenvalue weighted by molar-refractivity contribution is 4.70. The zero-order chi connectivity index (χ0) is 14.0. The molecule has 0 amide bonds. The van der Waals surface area contributed by atoms with E-state index < -0.39 is 0 Å². The molecule has 0 radical (unpaired) electrons. The molecule has 114 valence electrons. The Labute approximate surface area is 119 Å². The van der Waals surface area contributed by atoms with Gasteiger partial charge in [-0.1, -0.05) is 39.0 Å². The maximum absolute atomic E-state index is 5.79. The molecule has 1 atom stereocenters. The first-order chi connectivity index (χ1) is 9.14. The number of hydrogen-bond acceptors (Lipinski definition) is 3. The van der Waals surface area contributed by atoms with Gasteiger partial charge in [0.05, 0.1) is 12.7 Å². The van der Waals surface area contributed by atoms with Gasteiger partial charge in [-0.25, -0.2) is 0 Å². The number of ether oxygens (including phenoxy) is 3. The minimum Gasteiger partial charge on any atom is -0.381 e. The lowest BCUT2D eigenvalue weighted by Crippen LogP contribution is -2.21. The van der Waals surface area contributed by atoms with E-state index >= 15 is 0 Å². The molecule has 19 heavy (non-hydrogen) atoms. The lowest BCUT2D eigenvalue weighted by atomic mass is 10.1. The predicted molar refractivity (Wildman–Crippen MR) is 78.3 cm³/mol. The molecule has 1 saturated heterocycles. The average molecular weight is 272 g/mol. The second kappa shape index (κ2) is 9.73. The standard InChI is InChI=1S/C16H32O3/c1-4-12-17-13-10-8-6-5-7-9-11-15-14-18-16(2,3)19-15/h15H,4-14H2,1-3H3. The van der Waals surface area contributed by atoms with Gasteiger partial charge in [0, 0.05) is 13.2 Å². The summed E-state index contributed by atoms with van der Waals surface area (Å²) in [7, 11) is 0. The number of rotatable bonds is 11. The van der Waals surface area contributed by atoms with Crippen molar-refractivity contribution in [3.63, 3.8) is 0 Å². The quantitative estimate of drug-likeness (QED) is 0.525. The van der Waals surface area contributed by atoms with Gasteiger partial charge in [0.15, 0.2) is 5.79 Å². The molecule has 0 N–H and O–H groups in total. The summed E-state index contributed by atoms with van der Waals surface area (Å²) in [6, 6.07) is 0. The molecule has 1 unspecified atom stereocenters. The fourth-order valence-corrected chi connectivity index (χ4v) is 2.43. The number of hydrogen-bond donors (Lipinski definition) is 0. The fraction of sp³-hybridized carbons (Fsp3) is 1.00. The maximum atomic E-state index is 5.79. The van der Waals surface area contributed by atoms with Crippen molar-refractivity contribution in [2.75, 3.05) is 19.8 Å². The van der Waals surface area contributed by atoms with Crippen molar-refractivity contribution in [3.8, 4) is 0 Å². The van der Waals surface area contributed by atoms with Crippen LogP contribution >= 0.6 is 0 Å². The Balaban J connectivity index is 1.79. The Morgan fingerprint density at radius 1 is 1.00 bits per heavy atom. The van der Waals surface area contributed by atoms with Gasteiger partial charge in [-0.15, -0.1) is 0 Å². The Bertz CT molecular complexity index is 216. The normalized spacial score (nSPS) is 21.9. The molecule has 0 aromatic rings. The first-order valence-electron chi connectivity index (χ1n) is 8.03. The van der Waals surface area contributed by atoms with Gasteiger partial charge in [0.25, 0.3) is 0 Å². The molecule has 0 aromatic heterocycles. The topological polar surface area (TPSA) is 27.7 Å². The second-order valence-corrected chi connectivity index (χ2v) is 5.97. The molecule has 0 aromatic carbocycles. The van der Waals surface area contributed by atoms with E-state index in [2.05, 4.69) is 6.92 Å². The SMILES string of the molecule is CCCOCCCCCCCCC1COC(C)(C)O1. The molecule has 0 bridgehead atoms. The van der Waals surface area contributed by atoms with E-state index in [4.69, 9.17) is 14.2 Å². The first-order valence-corrected chi connectivity index (χ1v) is 8.03. The van der Waals surface area contributed by atoms with Crippen LogP contribution in [0.1, 0.15) is 72.1 Å².